The second kappa shape index (κ2) is 6.16. The van der Waals surface area contributed by atoms with Crippen molar-refractivity contribution in [2.24, 2.45) is 5.92 Å². The van der Waals surface area contributed by atoms with Gasteiger partial charge in [-0.3, -0.25) is 14.4 Å². The Bertz CT molecular complexity index is 181. The molecule has 5 heteroatoms. The Labute approximate surface area is 76.0 Å². The van der Waals surface area contributed by atoms with Crippen molar-refractivity contribution in [3.63, 3.8) is 0 Å². The molecule has 0 aliphatic rings. The van der Waals surface area contributed by atoms with E-state index >= 15 is 0 Å². The van der Waals surface area contributed by atoms with Gasteiger partial charge in [0.05, 0.1) is 13.2 Å². The summed E-state index contributed by atoms with van der Waals surface area (Å²) >= 11 is 0. The topological polar surface area (TPSA) is 69.7 Å². The first-order valence-corrected chi connectivity index (χ1v) is 3.88. The quantitative estimate of drug-likeness (QED) is 0.441. The zero-order chi connectivity index (χ0) is 10.3. The summed E-state index contributed by atoms with van der Waals surface area (Å²) in [6, 6.07) is 0. The Kier molecular flexibility index (Phi) is 5.50. The zero-order valence-electron chi connectivity index (χ0n) is 7.53. The Hall–Kier alpha value is -1.39. The maximum absolute atomic E-state index is 10.9. The number of carbonyl (C=O) groups excluding carboxylic acids is 3. The van der Waals surface area contributed by atoms with Crippen molar-refractivity contribution in [3.8, 4) is 0 Å². The van der Waals surface area contributed by atoms with Gasteiger partial charge in [-0.1, -0.05) is 0 Å². The molecule has 0 aromatic carbocycles. The van der Waals surface area contributed by atoms with Crippen LogP contribution < -0.4 is 0 Å². The highest BCUT2D eigenvalue weighted by Crippen LogP contribution is 1.99. The van der Waals surface area contributed by atoms with Crippen LogP contribution in [-0.4, -0.2) is 31.4 Å². The van der Waals surface area contributed by atoms with Crippen LogP contribution in [-0.2, 0) is 23.9 Å². The summed E-state index contributed by atoms with van der Waals surface area (Å²) in [7, 11) is 0. The van der Waals surface area contributed by atoms with Crippen molar-refractivity contribution >= 4 is 18.2 Å². The van der Waals surface area contributed by atoms with Gasteiger partial charge >= 0.3 is 11.9 Å². The van der Waals surface area contributed by atoms with Gasteiger partial charge in [0.25, 0.3) is 0 Å². The van der Waals surface area contributed by atoms with Crippen LogP contribution in [0.1, 0.15) is 13.8 Å². The van der Waals surface area contributed by atoms with E-state index in [1.807, 2.05) is 0 Å². The fourth-order valence-electron chi connectivity index (χ4n) is 0.644. The van der Waals surface area contributed by atoms with Gasteiger partial charge in [0.2, 0.25) is 12.2 Å². The fraction of sp³-hybridized carbons (Fsp3) is 0.625. The molecular formula is C8H11O5. The predicted octanol–water partition coefficient (Wildman–Crippen LogP) is -0.161. The summed E-state index contributed by atoms with van der Waals surface area (Å²) < 4.78 is 8.92. The molecule has 0 saturated heterocycles. The van der Waals surface area contributed by atoms with Crippen molar-refractivity contribution < 1.29 is 23.9 Å². The lowest BCUT2D eigenvalue weighted by Gasteiger charge is -2.06. The number of hydrogen-bond acceptors (Lipinski definition) is 5. The molecule has 0 amide bonds. The highest BCUT2D eigenvalue weighted by molar-refractivity contribution is 6.07. The predicted molar refractivity (Wildman–Crippen MR) is 42.4 cm³/mol. The van der Waals surface area contributed by atoms with Crippen LogP contribution in [0.25, 0.3) is 0 Å². The van der Waals surface area contributed by atoms with Crippen LogP contribution in [0.2, 0.25) is 0 Å². The van der Waals surface area contributed by atoms with Crippen LogP contribution in [0.3, 0.4) is 0 Å². The summed E-state index contributed by atoms with van der Waals surface area (Å²) in [4.78, 5) is 32.0. The molecule has 1 radical (unpaired) electrons. The first-order chi connectivity index (χ1) is 6.17. The molecule has 5 nitrogen and oxygen atoms in total. The Morgan fingerprint density at radius 1 is 1.15 bits per heavy atom. The fourth-order valence-corrected chi connectivity index (χ4v) is 0.644. The van der Waals surface area contributed by atoms with Crippen LogP contribution in [0.5, 0.6) is 0 Å². The molecule has 13 heavy (non-hydrogen) atoms. The molecule has 0 aliphatic carbocycles. The molecule has 0 aromatic heterocycles. The van der Waals surface area contributed by atoms with Gasteiger partial charge in [0.1, 0.15) is 0 Å². The minimum atomic E-state index is -1.57. The standard InChI is InChI=1S/C8H11O5/c1-3-12-7(10)6(5-9)8(11)13-4-2/h6H,3-4H2,1-2H3. The van der Waals surface area contributed by atoms with Gasteiger partial charge in [-0.25, -0.2) is 0 Å². The zero-order valence-corrected chi connectivity index (χ0v) is 7.53. The van der Waals surface area contributed by atoms with Crippen molar-refractivity contribution in [2.75, 3.05) is 13.2 Å². The molecular weight excluding hydrogens is 176 g/mol. The summed E-state index contributed by atoms with van der Waals surface area (Å²) in [6.45, 7) is 3.36. The third-order valence-electron chi connectivity index (χ3n) is 1.16. The van der Waals surface area contributed by atoms with Gasteiger partial charge < -0.3 is 9.47 Å². The Morgan fingerprint density at radius 2 is 1.54 bits per heavy atom. The number of rotatable bonds is 5. The molecule has 73 valence electrons. The molecule has 0 heterocycles. The smallest absolute Gasteiger partial charge is 0.328 e. The Balaban J connectivity index is 4.23. The van der Waals surface area contributed by atoms with E-state index in [2.05, 4.69) is 9.47 Å². The molecule has 0 N–H and O–H groups in total. The van der Waals surface area contributed by atoms with Crippen LogP contribution in [0.4, 0.5) is 0 Å². The van der Waals surface area contributed by atoms with Crippen molar-refractivity contribution in [1.82, 2.24) is 0 Å². The second-order valence-electron chi connectivity index (χ2n) is 2.05. The molecule has 0 atom stereocenters. The molecule has 0 spiro atoms. The third kappa shape index (κ3) is 3.68. The van der Waals surface area contributed by atoms with Gasteiger partial charge in [-0.2, -0.15) is 0 Å². The summed E-state index contributed by atoms with van der Waals surface area (Å²) in [5.41, 5.74) is 0. The second-order valence-corrected chi connectivity index (χ2v) is 2.05. The number of esters is 2. The van der Waals surface area contributed by atoms with E-state index in [-0.39, 0.29) is 13.2 Å². The first kappa shape index (κ1) is 11.6. The van der Waals surface area contributed by atoms with E-state index in [1.165, 1.54) is 6.29 Å². The van der Waals surface area contributed by atoms with Crippen molar-refractivity contribution in [2.45, 2.75) is 13.8 Å². The van der Waals surface area contributed by atoms with Crippen molar-refractivity contribution in [3.05, 3.63) is 0 Å². The van der Waals surface area contributed by atoms with Crippen LogP contribution >= 0.6 is 0 Å². The number of carbonyl (C=O) groups is 2. The van der Waals surface area contributed by atoms with E-state index in [1.54, 1.807) is 13.8 Å². The van der Waals surface area contributed by atoms with Crippen LogP contribution in [0, 0.1) is 5.92 Å². The van der Waals surface area contributed by atoms with E-state index in [0.29, 0.717) is 0 Å². The van der Waals surface area contributed by atoms with Gasteiger partial charge in [0.15, 0.2) is 0 Å². The van der Waals surface area contributed by atoms with Crippen LogP contribution in [0.15, 0.2) is 0 Å². The minimum absolute atomic E-state index is 0.108. The summed E-state index contributed by atoms with van der Waals surface area (Å²) in [6.07, 6.45) is 1.27. The molecule has 0 aromatic rings. The normalized spacial score (nSPS) is 9.46. The Morgan fingerprint density at radius 3 is 1.77 bits per heavy atom. The SMILES string of the molecule is CCOC(=O)C([C]=O)C(=O)OCC. The van der Waals surface area contributed by atoms with E-state index < -0.39 is 17.9 Å². The molecule has 0 rings (SSSR count). The van der Waals surface area contributed by atoms with Gasteiger partial charge in [-0.15, -0.1) is 0 Å². The summed E-state index contributed by atoms with van der Waals surface area (Å²) in [5.74, 6) is -3.41. The highest BCUT2D eigenvalue weighted by atomic mass is 16.6. The molecule has 0 aliphatic heterocycles. The average molecular weight is 187 g/mol. The number of hydrogen-bond donors (Lipinski definition) is 0. The summed E-state index contributed by atoms with van der Waals surface area (Å²) in [5, 5.41) is 0. The first-order valence-electron chi connectivity index (χ1n) is 3.88. The maximum atomic E-state index is 10.9. The van der Waals surface area contributed by atoms with Gasteiger partial charge in [-0.05, 0) is 13.8 Å². The van der Waals surface area contributed by atoms with E-state index in [9.17, 15) is 14.4 Å². The lowest BCUT2D eigenvalue weighted by molar-refractivity contribution is -0.157. The lowest BCUT2D eigenvalue weighted by atomic mass is 10.2. The average Bonchev–Trinajstić information content (AvgIpc) is 2.06. The molecule has 0 saturated carbocycles. The molecule has 0 bridgehead atoms. The van der Waals surface area contributed by atoms with Crippen molar-refractivity contribution in [1.29, 1.82) is 0 Å². The maximum Gasteiger partial charge on any atom is 0.328 e. The minimum Gasteiger partial charge on any atom is -0.465 e. The molecule has 0 unspecified atom stereocenters. The largest absolute Gasteiger partial charge is 0.465 e. The monoisotopic (exact) mass is 187 g/mol. The van der Waals surface area contributed by atoms with Gasteiger partial charge in [0, 0.05) is 0 Å². The third-order valence-corrected chi connectivity index (χ3v) is 1.16. The lowest BCUT2D eigenvalue weighted by Crippen LogP contribution is -2.29. The highest BCUT2D eigenvalue weighted by Gasteiger charge is 2.29. The number of ether oxygens (including phenoxy) is 2. The molecule has 0 fully saturated rings. The van der Waals surface area contributed by atoms with E-state index in [0.717, 1.165) is 0 Å². The van der Waals surface area contributed by atoms with E-state index in [4.69, 9.17) is 0 Å².